The molecule has 1 unspecified atom stereocenters. The molecule has 60 heavy (non-hydrogen) atoms. The van der Waals surface area contributed by atoms with Gasteiger partial charge < -0.3 is 0 Å². The maximum atomic E-state index is 13.7. The van der Waals surface area contributed by atoms with Crippen molar-refractivity contribution >= 4 is 92.4 Å². The third-order valence-electron chi connectivity index (χ3n) is 10.1. The van der Waals surface area contributed by atoms with Gasteiger partial charge in [0.1, 0.15) is 0 Å². The van der Waals surface area contributed by atoms with Crippen LogP contribution in [0.15, 0.2) is 163 Å². The highest BCUT2D eigenvalue weighted by atomic mass is 35.5. The molecular formula is C49H45Cl2N2O4PS2. The zero-order valence-electron chi connectivity index (χ0n) is 33.9. The summed E-state index contributed by atoms with van der Waals surface area (Å²) in [4.78, 5) is 10.1. The maximum Gasteiger partial charge on any atom is 0.208 e. The lowest BCUT2D eigenvalue weighted by Crippen LogP contribution is -2.09. The number of hydrogen-bond acceptors (Lipinski definition) is 6. The van der Waals surface area contributed by atoms with Crippen LogP contribution in [-0.4, -0.2) is 29.3 Å². The van der Waals surface area contributed by atoms with Crippen LogP contribution in [0.2, 0.25) is 10.0 Å². The summed E-state index contributed by atoms with van der Waals surface area (Å²) in [6.45, 7) is 9.74. The molecule has 0 saturated heterocycles. The van der Waals surface area contributed by atoms with Gasteiger partial charge in [-0.1, -0.05) is 108 Å². The number of sulfone groups is 2. The van der Waals surface area contributed by atoms with E-state index in [0.717, 1.165) is 56.4 Å². The van der Waals surface area contributed by atoms with E-state index in [1.165, 1.54) is 6.21 Å². The first-order valence-corrected chi connectivity index (χ1v) is 23.5. The first-order valence-electron chi connectivity index (χ1n) is 19.2. The molecule has 0 radical (unpaired) electrons. The lowest BCUT2D eigenvalue weighted by Gasteiger charge is -2.17. The van der Waals surface area contributed by atoms with E-state index < -0.39 is 19.7 Å². The molecule has 0 spiro atoms. The van der Waals surface area contributed by atoms with Gasteiger partial charge in [0.2, 0.25) is 19.7 Å². The average Bonchev–Trinajstić information content (AvgIpc) is 3.42. The standard InChI is InChI=1S/C26H26ClNO2S.C23H19ClNO2PS/c1-5-21-8-13-24(14-9-21)31(29,30)26(20(4)22-10-6-18(2)7-11-22)17-28-25-15-12-23(27)16-19(25)3;1-15-5-10-21-20(13-15)23(16-3-2-4-17(24)14-16)22(11-12-25-21)29(26,27)19-8-6-18(28)7-9-19/h6-17H,5H2,1-4H3;2-10,12-14H,11,28H2,1H3/b26-20-,28-17?;. The quantitative estimate of drug-likeness (QED) is 0.107. The predicted octanol–water partition coefficient (Wildman–Crippen LogP) is 12.6. The number of aliphatic imine (C=N–C) groups is 2. The summed E-state index contributed by atoms with van der Waals surface area (Å²) in [6, 6.07) is 40.2. The van der Waals surface area contributed by atoms with Crippen molar-refractivity contribution in [2.75, 3.05) is 0 Å². The number of allylic oxidation sites excluding steroid dienone is 3. The maximum absolute atomic E-state index is 13.7. The largest absolute Gasteiger partial charge is 0.260 e. The Morgan fingerprint density at radius 2 is 1.40 bits per heavy atom. The lowest BCUT2D eigenvalue weighted by atomic mass is 9.94. The molecule has 0 amide bonds. The summed E-state index contributed by atoms with van der Waals surface area (Å²) in [6.07, 6.45) is 4.18. The minimum atomic E-state index is -3.77. The Kier molecular flexibility index (Phi) is 14.3. The number of hydrogen-bond donors (Lipinski definition) is 0. The Morgan fingerprint density at radius 1 is 0.750 bits per heavy atom. The van der Waals surface area contributed by atoms with Crippen LogP contribution in [0.4, 0.5) is 11.4 Å². The van der Waals surface area contributed by atoms with E-state index in [2.05, 4.69) is 19.2 Å². The number of nitrogens with zero attached hydrogens (tertiary/aromatic N) is 2. The molecule has 1 aliphatic heterocycles. The van der Waals surface area contributed by atoms with Crippen LogP contribution in [0.1, 0.15) is 59.2 Å². The molecule has 11 heteroatoms. The molecule has 306 valence electrons. The van der Waals surface area contributed by atoms with Gasteiger partial charge in [-0.3, -0.25) is 9.98 Å². The molecule has 1 heterocycles. The Hall–Kier alpha value is -4.95. The van der Waals surface area contributed by atoms with Crippen molar-refractivity contribution < 1.29 is 16.8 Å². The fourth-order valence-electron chi connectivity index (χ4n) is 6.67. The molecule has 0 bridgehead atoms. The number of aryl methyl sites for hydroxylation is 4. The summed E-state index contributed by atoms with van der Waals surface area (Å²) in [5.41, 5.74) is 9.23. The smallest absolute Gasteiger partial charge is 0.208 e. The number of fused-ring (bicyclic) bond motifs is 1. The Morgan fingerprint density at radius 3 is 2.05 bits per heavy atom. The average molecular weight is 892 g/mol. The highest BCUT2D eigenvalue weighted by molar-refractivity contribution is 7.96. The van der Waals surface area contributed by atoms with Gasteiger partial charge in [-0.05, 0) is 134 Å². The second-order valence-corrected chi connectivity index (χ2v) is 19.9. The fourth-order valence-corrected chi connectivity index (χ4v) is 10.3. The monoisotopic (exact) mass is 890 g/mol. The number of benzene rings is 6. The molecule has 1 atom stereocenters. The lowest BCUT2D eigenvalue weighted by molar-refractivity contribution is 0.600. The third-order valence-corrected chi connectivity index (χ3v) is 14.8. The molecule has 0 aliphatic carbocycles. The van der Waals surface area contributed by atoms with Crippen molar-refractivity contribution in [1.82, 2.24) is 0 Å². The molecule has 0 N–H and O–H groups in total. The van der Waals surface area contributed by atoms with Gasteiger partial charge in [0.15, 0.2) is 0 Å². The van der Waals surface area contributed by atoms with E-state index in [0.29, 0.717) is 31.8 Å². The van der Waals surface area contributed by atoms with Crippen LogP contribution < -0.4 is 5.30 Å². The van der Waals surface area contributed by atoms with Crippen molar-refractivity contribution in [3.63, 3.8) is 0 Å². The number of rotatable bonds is 9. The summed E-state index contributed by atoms with van der Waals surface area (Å²) in [7, 11) is -4.93. The second-order valence-electron chi connectivity index (χ2n) is 14.5. The Labute approximate surface area is 366 Å². The van der Waals surface area contributed by atoms with Gasteiger partial charge in [0.05, 0.1) is 31.0 Å². The molecule has 6 aromatic carbocycles. The van der Waals surface area contributed by atoms with E-state index in [9.17, 15) is 16.8 Å². The highest BCUT2D eigenvalue weighted by Crippen LogP contribution is 2.41. The van der Waals surface area contributed by atoms with Gasteiger partial charge in [0, 0.05) is 40.0 Å². The molecule has 0 saturated carbocycles. The highest BCUT2D eigenvalue weighted by Gasteiger charge is 2.28. The Balaban J connectivity index is 0.000000202. The topological polar surface area (TPSA) is 93.0 Å². The first-order chi connectivity index (χ1) is 28.6. The van der Waals surface area contributed by atoms with Crippen LogP contribution in [0, 0.1) is 20.8 Å². The Bertz CT molecular complexity index is 2900. The summed E-state index contributed by atoms with van der Waals surface area (Å²) < 4.78 is 54.5. The van der Waals surface area contributed by atoms with Crippen molar-refractivity contribution in [1.29, 1.82) is 0 Å². The van der Waals surface area contributed by atoms with Crippen molar-refractivity contribution in [2.24, 2.45) is 9.98 Å². The van der Waals surface area contributed by atoms with Crippen LogP contribution >= 0.6 is 32.4 Å². The molecule has 7 rings (SSSR count). The van der Waals surface area contributed by atoms with Gasteiger partial charge in [0.25, 0.3) is 0 Å². The van der Waals surface area contributed by atoms with Gasteiger partial charge >= 0.3 is 0 Å². The van der Waals surface area contributed by atoms with E-state index in [1.807, 2.05) is 107 Å². The minimum Gasteiger partial charge on any atom is -0.260 e. The van der Waals surface area contributed by atoms with Crippen LogP contribution in [-0.2, 0) is 26.1 Å². The molecule has 1 aliphatic rings. The molecule has 0 aromatic heterocycles. The summed E-state index contributed by atoms with van der Waals surface area (Å²) in [5, 5.41) is 2.10. The molecular weight excluding hydrogens is 847 g/mol. The molecule has 6 nitrogen and oxygen atoms in total. The van der Waals surface area contributed by atoms with E-state index in [4.69, 9.17) is 23.2 Å². The zero-order chi connectivity index (χ0) is 43.2. The predicted molar refractivity (Wildman–Crippen MR) is 256 cm³/mol. The normalized spacial score (nSPS) is 13.3. The van der Waals surface area contributed by atoms with E-state index in [1.54, 1.807) is 66.9 Å². The van der Waals surface area contributed by atoms with Gasteiger partial charge in [-0.15, -0.1) is 9.24 Å². The summed E-state index contributed by atoms with van der Waals surface area (Å²) >= 11 is 12.3. The van der Waals surface area contributed by atoms with Crippen LogP contribution in [0.25, 0.3) is 11.1 Å². The SMILES string of the molecule is CCc1ccc(S(=O)(=O)/C(C=Nc2ccc(Cl)cc2C)=C(/C)c2ccc(C)cc2)cc1.Cc1ccc2c(c1)C(c1cccc(Cl)c1)=C(S(=O)(=O)c1ccc(P)cc1)CC=N2. The van der Waals surface area contributed by atoms with E-state index >= 15 is 0 Å². The zero-order valence-corrected chi connectivity index (χ0v) is 38.2. The van der Waals surface area contributed by atoms with Crippen molar-refractivity contribution in [2.45, 2.75) is 57.3 Å². The van der Waals surface area contributed by atoms with E-state index in [-0.39, 0.29) is 21.1 Å². The minimum absolute atomic E-state index is 0.176. The fraction of sp³-hybridized carbons (Fsp3) is 0.143. The number of halogens is 2. The molecule has 6 aromatic rings. The van der Waals surface area contributed by atoms with Crippen LogP contribution in [0.3, 0.4) is 0 Å². The molecule has 0 fully saturated rings. The van der Waals surface area contributed by atoms with Crippen molar-refractivity contribution in [3.8, 4) is 0 Å². The third kappa shape index (κ3) is 10.3. The summed E-state index contributed by atoms with van der Waals surface area (Å²) in [5.74, 6) is 0. The van der Waals surface area contributed by atoms with Crippen molar-refractivity contribution in [3.05, 3.63) is 192 Å². The van der Waals surface area contributed by atoms with Gasteiger partial charge in [-0.2, -0.15) is 0 Å². The van der Waals surface area contributed by atoms with Crippen LogP contribution in [0.5, 0.6) is 0 Å². The second kappa shape index (κ2) is 19.2. The van der Waals surface area contributed by atoms with Gasteiger partial charge in [-0.25, -0.2) is 16.8 Å². The first kappa shape index (κ1) is 44.6.